The Kier molecular flexibility index (Phi) is 4.26. The fraction of sp³-hybridized carbons (Fsp3) is 0.450. The maximum atomic E-state index is 4.88. The van der Waals surface area contributed by atoms with E-state index in [9.17, 15) is 0 Å². The van der Waals surface area contributed by atoms with E-state index in [0.29, 0.717) is 11.8 Å². The number of hydrogen-bond acceptors (Lipinski definition) is 5. The SMILES string of the molecule is Cc1cccc(Nc2nc(N3C[C@@H](C)C[C@H](C)C3)nc3c2cnn3C)c1. The van der Waals surface area contributed by atoms with Gasteiger partial charge in [-0.1, -0.05) is 26.0 Å². The Labute approximate surface area is 154 Å². The molecule has 2 atom stereocenters. The number of rotatable bonds is 3. The number of nitrogens with zero attached hydrogens (tertiary/aromatic N) is 5. The molecule has 6 nitrogen and oxygen atoms in total. The van der Waals surface area contributed by atoms with Crippen LogP contribution >= 0.6 is 0 Å². The van der Waals surface area contributed by atoms with Gasteiger partial charge in [0.15, 0.2) is 5.65 Å². The smallest absolute Gasteiger partial charge is 0.229 e. The highest BCUT2D eigenvalue weighted by molar-refractivity contribution is 5.89. The number of piperidine rings is 1. The summed E-state index contributed by atoms with van der Waals surface area (Å²) in [5.74, 6) is 2.90. The fourth-order valence-corrected chi connectivity index (χ4v) is 3.93. The molecule has 0 spiro atoms. The molecule has 0 unspecified atom stereocenters. The second kappa shape index (κ2) is 6.59. The van der Waals surface area contributed by atoms with E-state index < -0.39 is 0 Å². The Morgan fingerprint density at radius 2 is 1.88 bits per heavy atom. The van der Waals surface area contributed by atoms with Crippen molar-refractivity contribution in [2.24, 2.45) is 18.9 Å². The Balaban J connectivity index is 1.76. The molecule has 0 amide bonds. The molecule has 6 heteroatoms. The van der Waals surface area contributed by atoms with E-state index in [4.69, 9.17) is 9.97 Å². The van der Waals surface area contributed by atoms with Gasteiger partial charge in [0.05, 0.1) is 11.6 Å². The van der Waals surface area contributed by atoms with Crippen molar-refractivity contribution >= 4 is 28.5 Å². The molecule has 136 valence electrons. The number of benzene rings is 1. The summed E-state index contributed by atoms with van der Waals surface area (Å²) in [4.78, 5) is 12.0. The zero-order chi connectivity index (χ0) is 18.3. The average molecular weight is 350 g/mol. The lowest BCUT2D eigenvalue weighted by molar-refractivity contribution is 0.354. The highest BCUT2D eigenvalue weighted by Crippen LogP contribution is 2.29. The topological polar surface area (TPSA) is 58.9 Å². The summed E-state index contributed by atoms with van der Waals surface area (Å²) in [7, 11) is 1.93. The van der Waals surface area contributed by atoms with Crippen LogP contribution in [0.2, 0.25) is 0 Å². The van der Waals surface area contributed by atoms with E-state index >= 15 is 0 Å². The maximum Gasteiger partial charge on any atom is 0.229 e. The van der Waals surface area contributed by atoms with Crippen LogP contribution in [0.1, 0.15) is 25.8 Å². The lowest BCUT2D eigenvalue weighted by Gasteiger charge is -2.35. The first-order chi connectivity index (χ1) is 12.5. The van der Waals surface area contributed by atoms with Crippen molar-refractivity contribution in [1.29, 1.82) is 0 Å². The van der Waals surface area contributed by atoms with Crippen molar-refractivity contribution in [2.45, 2.75) is 27.2 Å². The van der Waals surface area contributed by atoms with Gasteiger partial charge in [-0.3, -0.25) is 4.68 Å². The fourth-order valence-electron chi connectivity index (χ4n) is 3.93. The molecular formula is C20H26N6. The van der Waals surface area contributed by atoms with Crippen molar-refractivity contribution in [3.05, 3.63) is 36.0 Å². The first-order valence-corrected chi connectivity index (χ1v) is 9.28. The molecule has 3 aromatic rings. The number of aromatic nitrogens is 4. The van der Waals surface area contributed by atoms with E-state index in [-0.39, 0.29) is 0 Å². The van der Waals surface area contributed by atoms with Crippen LogP contribution in [-0.2, 0) is 7.05 Å². The van der Waals surface area contributed by atoms with Crippen molar-refractivity contribution in [1.82, 2.24) is 19.7 Å². The molecule has 2 aromatic heterocycles. The molecule has 26 heavy (non-hydrogen) atoms. The summed E-state index contributed by atoms with van der Waals surface area (Å²) < 4.78 is 1.82. The second-order valence-electron chi connectivity index (χ2n) is 7.72. The summed E-state index contributed by atoms with van der Waals surface area (Å²) in [5, 5.41) is 8.80. The van der Waals surface area contributed by atoms with Crippen LogP contribution in [-0.4, -0.2) is 32.8 Å². The van der Waals surface area contributed by atoms with Gasteiger partial charge in [-0.15, -0.1) is 0 Å². The normalized spacial score (nSPS) is 20.5. The minimum atomic E-state index is 0.651. The molecule has 1 N–H and O–H groups in total. The monoisotopic (exact) mass is 350 g/mol. The lowest BCUT2D eigenvalue weighted by atomic mass is 9.92. The number of hydrogen-bond donors (Lipinski definition) is 1. The summed E-state index contributed by atoms with van der Waals surface area (Å²) >= 11 is 0. The Morgan fingerprint density at radius 1 is 1.12 bits per heavy atom. The van der Waals surface area contributed by atoms with Gasteiger partial charge in [0.25, 0.3) is 0 Å². The lowest BCUT2D eigenvalue weighted by Crippen LogP contribution is -2.39. The predicted molar refractivity (Wildman–Crippen MR) is 106 cm³/mol. The van der Waals surface area contributed by atoms with Crippen molar-refractivity contribution in [3.8, 4) is 0 Å². The van der Waals surface area contributed by atoms with Crippen molar-refractivity contribution in [2.75, 3.05) is 23.3 Å². The van der Waals surface area contributed by atoms with E-state index in [0.717, 1.165) is 41.6 Å². The van der Waals surface area contributed by atoms with E-state index in [1.165, 1.54) is 12.0 Å². The van der Waals surface area contributed by atoms with Gasteiger partial charge in [0.2, 0.25) is 5.95 Å². The molecular weight excluding hydrogens is 324 g/mol. The average Bonchev–Trinajstić information content (AvgIpc) is 2.96. The number of nitrogens with one attached hydrogen (secondary N) is 1. The molecule has 0 radical (unpaired) electrons. The molecule has 1 aromatic carbocycles. The third-order valence-electron chi connectivity index (χ3n) is 5.01. The third kappa shape index (κ3) is 3.23. The molecule has 0 saturated carbocycles. The molecule has 3 heterocycles. The van der Waals surface area contributed by atoms with E-state index in [2.05, 4.69) is 54.3 Å². The molecule has 1 saturated heterocycles. The first-order valence-electron chi connectivity index (χ1n) is 9.28. The highest BCUT2D eigenvalue weighted by Gasteiger charge is 2.25. The summed E-state index contributed by atoms with van der Waals surface area (Å²) in [5.41, 5.74) is 3.10. The van der Waals surface area contributed by atoms with Crippen LogP contribution in [0.5, 0.6) is 0 Å². The van der Waals surface area contributed by atoms with Gasteiger partial charge >= 0.3 is 0 Å². The van der Waals surface area contributed by atoms with Crippen molar-refractivity contribution in [3.63, 3.8) is 0 Å². The maximum absolute atomic E-state index is 4.88. The highest BCUT2D eigenvalue weighted by atomic mass is 15.3. The van der Waals surface area contributed by atoms with Crippen LogP contribution in [0.3, 0.4) is 0 Å². The molecule has 1 aliphatic heterocycles. The Bertz CT molecular complexity index is 921. The quantitative estimate of drug-likeness (QED) is 0.776. The van der Waals surface area contributed by atoms with Gasteiger partial charge in [-0.25, -0.2) is 0 Å². The Hall–Kier alpha value is -2.63. The first kappa shape index (κ1) is 16.8. The molecule has 1 aliphatic rings. The minimum absolute atomic E-state index is 0.651. The summed E-state index contributed by atoms with van der Waals surface area (Å²) in [6.45, 7) is 8.69. The largest absolute Gasteiger partial charge is 0.340 e. The van der Waals surface area contributed by atoms with Crippen LogP contribution in [0.15, 0.2) is 30.5 Å². The Morgan fingerprint density at radius 3 is 2.62 bits per heavy atom. The second-order valence-corrected chi connectivity index (χ2v) is 7.72. The van der Waals surface area contributed by atoms with E-state index in [1.807, 2.05) is 24.0 Å². The zero-order valence-electron chi connectivity index (χ0n) is 15.9. The van der Waals surface area contributed by atoms with Crippen LogP contribution in [0.4, 0.5) is 17.5 Å². The number of fused-ring (bicyclic) bond motifs is 1. The summed E-state index contributed by atoms with van der Waals surface area (Å²) in [6, 6.07) is 8.32. The third-order valence-corrected chi connectivity index (χ3v) is 5.01. The van der Waals surface area contributed by atoms with Gasteiger partial charge < -0.3 is 10.2 Å². The van der Waals surface area contributed by atoms with E-state index in [1.54, 1.807) is 0 Å². The molecule has 0 aliphatic carbocycles. The zero-order valence-corrected chi connectivity index (χ0v) is 15.9. The van der Waals surface area contributed by atoms with Gasteiger partial charge in [-0.05, 0) is 42.9 Å². The van der Waals surface area contributed by atoms with Crippen LogP contribution in [0, 0.1) is 18.8 Å². The van der Waals surface area contributed by atoms with Gasteiger partial charge in [0.1, 0.15) is 5.82 Å². The predicted octanol–water partition coefficient (Wildman–Crippen LogP) is 3.90. The minimum Gasteiger partial charge on any atom is -0.340 e. The molecule has 0 bridgehead atoms. The molecule has 4 rings (SSSR count). The van der Waals surface area contributed by atoms with Crippen LogP contribution < -0.4 is 10.2 Å². The number of anilines is 3. The standard InChI is InChI=1S/C20H26N6/c1-13-6-5-7-16(9-13)22-18-17-10-21-25(4)19(17)24-20(23-18)26-11-14(2)8-15(3)12-26/h5-7,9-10,14-15H,8,11-12H2,1-4H3,(H,22,23,24)/t14-,15-/m0/s1. The van der Waals surface area contributed by atoms with Gasteiger partial charge in [-0.2, -0.15) is 15.1 Å². The molecule has 1 fully saturated rings. The van der Waals surface area contributed by atoms with Crippen LogP contribution in [0.25, 0.3) is 11.0 Å². The van der Waals surface area contributed by atoms with Gasteiger partial charge in [0, 0.05) is 25.8 Å². The summed E-state index contributed by atoms with van der Waals surface area (Å²) in [6.07, 6.45) is 3.09. The van der Waals surface area contributed by atoms with Crippen molar-refractivity contribution < 1.29 is 0 Å². The number of aryl methyl sites for hydroxylation is 2.